The predicted molar refractivity (Wildman–Crippen MR) is 116 cm³/mol. The molecule has 3 aromatic rings. The van der Waals surface area contributed by atoms with Gasteiger partial charge in [-0.05, 0) is 71.0 Å². The Kier molecular flexibility index (Phi) is 7.18. The molecule has 0 aliphatic rings. The summed E-state index contributed by atoms with van der Waals surface area (Å²) < 4.78 is 19.4. The summed E-state index contributed by atoms with van der Waals surface area (Å²) in [4.78, 5) is 25.1. The standard InChI is InChI=1S/C22H18FIN2O3/c23-17-8-4-5-15(13-17)11-12-25-22(28)19(14-18-9-10-20(24)29-18)26-21(27)16-6-2-1-3-7-16/h1-10,13-14H,11-12H2,(H,25,28)(H,26,27). The van der Waals surface area contributed by atoms with Crippen molar-refractivity contribution in [1.82, 2.24) is 10.6 Å². The molecule has 0 bridgehead atoms. The van der Waals surface area contributed by atoms with Crippen molar-refractivity contribution in [3.8, 4) is 0 Å². The van der Waals surface area contributed by atoms with Crippen LogP contribution in [0.1, 0.15) is 21.7 Å². The third-order valence-corrected chi connectivity index (χ3v) is 4.58. The van der Waals surface area contributed by atoms with Gasteiger partial charge in [-0.2, -0.15) is 0 Å². The molecule has 3 rings (SSSR count). The van der Waals surface area contributed by atoms with Gasteiger partial charge in [-0.25, -0.2) is 4.39 Å². The number of carbonyl (C=O) groups excluding carboxylic acids is 2. The molecule has 2 amide bonds. The van der Waals surface area contributed by atoms with Gasteiger partial charge in [-0.15, -0.1) is 0 Å². The van der Waals surface area contributed by atoms with Crippen LogP contribution in [0.4, 0.5) is 4.39 Å². The highest BCUT2D eigenvalue weighted by atomic mass is 127. The van der Waals surface area contributed by atoms with E-state index in [1.54, 1.807) is 54.6 Å². The fraction of sp³-hybridized carbons (Fsp3) is 0.0909. The zero-order valence-electron chi connectivity index (χ0n) is 15.3. The molecule has 1 aromatic heterocycles. The molecule has 29 heavy (non-hydrogen) atoms. The topological polar surface area (TPSA) is 71.3 Å². The molecule has 0 atom stereocenters. The van der Waals surface area contributed by atoms with Crippen LogP contribution in [0.25, 0.3) is 6.08 Å². The molecule has 0 fully saturated rings. The Morgan fingerprint density at radius 2 is 1.83 bits per heavy atom. The van der Waals surface area contributed by atoms with Crippen molar-refractivity contribution in [2.75, 3.05) is 6.54 Å². The molecule has 148 valence electrons. The molecule has 7 heteroatoms. The number of nitrogens with one attached hydrogen (secondary N) is 2. The molecule has 5 nitrogen and oxygen atoms in total. The van der Waals surface area contributed by atoms with E-state index in [0.717, 1.165) is 5.56 Å². The fourth-order valence-electron chi connectivity index (χ4n) is 2.60. The maximum atomic E-state index is 13.3. The van der Waals surface area contributed by atoms with Crippen molar-refractivity contribution in [3.05, 3.63) is 98.9 Å². The number of amides is 2. The van der Waals surface area contributed by atoms with Gasteiger partial charge in [-0.1, -0.05) is 30.3 Å². The van der Waals surface area contributed by atoms with Crippen molar-refractivity contribution < 1.29 is 18.4 Å². The molecular weight excluding hydrogens is 486 g/mol. The van der Waals surface area contributed by atoms with Crippen LogP contribution >= 0.6 is 22.6 Å². The summed E-state index contributed by atoms with van der Waals surface area (Å²) in [5, 5.41) is 5.38. The van der Waals surface area contributed by atoms with Crippen LogP contribution in [0.2, 0.25) is 0 Å². The van der Waals surface area contributed by atoms with E-state index < -0.39 is 11.8 Å². The van der Waals surface area contributed by atoms with Gasteiger partial charge in [0.05, 0.1) is 0 Å². The second-order valence-corrected chi connectivity index (χ2v) is 7.22. The Morgan fingerprint density at radius 3 is 2.52 bits per heavy atom. The lowest BCUT2D eigenvalue weighted by Crippen LogP contribution is -2.35. The van der Waals surface area contributed by atoms with E-state index in [4.69, 9.17) is 4.42 Å². The first kappa shape index (κ1) is 20.8. The van der Waals surface area contributed by atoms with Gasteiger partial charge in [0.15, 0.2) is 3.77 Å². The molecule has 0 aliphatic carbocycles. The van der Waals surface area contributed by atoms with Gasteiger partial charge in [0, 0.05) is 18.2 Å². The lowest BCUT2D eigenvalue weighted by atomic mass is 10.1. The van der Waals surface area contributed by atoms with E-state index in [0.29, 0.717) is 21.5 Å². The molecular formula is C22H18FIN2O3. The van der Waals surface area contributed by atoms with E-state index >= 15 is 0 Å². The van der Waals surface area contributed by atoms with E-state index in [9.17, 15) is 14.0 Å². The predicted octanol–water partition coefficient (Wildman–Crippen LogP) is 4.15. The first-order chi connectivity index (χ1) is 14.0. The van der Waals surface area contributed by atoms with Crippen LogP contribution in [0.3, 0.4) is 0 Å². The summed E-state index contributed by atoms with van der Waals surface area (Å²) in [7, 11) is 0. The Bertz CT molecular complexity index is 1030. The van der Waals surface area contributed by atoms with Crippen molar-refractivity contribution in [1.29, 1.82) is 0 Å². The van der Waals surface area contributed by atoms with Crippen molar-refractivity contribution in [2.45, 2.75) is 6.42 Å². The van der Waals surface area contributed by atoms with Gasteiger partial charge in [-0.3, -0.25) is 9.59 Å². The van der Waals surface area contributed by atoms with E-state index in [-0.39, 0.29) is 18.1 Å². The average molecular weight is 504 g/mol. The largest absolute Gasteiger partial charge is 0.451 e. The molecule has 0 saturated heterocycles. The lowest BCUT2D eigenvalue weighted by molar-refractivity contribution is -0.117. The highest BCUT2D eigenvalue weighted by molar-refractivity contribution is 14.1. The van der Waals surface area contributed by atoms with Gasteiger partial charge >= 0.3 is 0 Å². The van der Waals surface area contributed by atoms with Crippen molar-refractivity contribution >= 4 is 40.5 Å². The molecule has 2 aromatic carbocycles. The fourth-order valence-corrected chi connectivity index (χ4v) is 3.03. The molecule has 0 aliphatic heterocycles. The molecule has 0 radical (unpaired) electrons. The van der Waals surface area contributed by atoms with E-state index in [1.807, 2.05) is 22.6 Å². The summed E-state index contributed by atoms with van der Waals surface area (Å²) in [5.74, 6) is -0.745. The number of rotatable bonds is 7. The molecule has 2 N–H and O–H groups in total. The normalized spacial score (nSPS) is 11.2. The first-order valence-electron chi connectivity index (χ1n) is 8.87. The Hall–Kier alpha value is -2.94. The second kappa shape index (κ2) is 10.0. The summed E-state index contributed by atoms with van der Waals surface area (Å²) >= 11 is 2.02. The van der Waals surface area contributed by atoms with Crippen LogP contribution in [0.15, 0.2) is 76.8 Å². The van der Waals surface area contributed by atoms with E-state index in [2.05, 4.69) is 10.6 Å². The van der Waals surface area contributed by atoms with E-state index in [1.165, 1.54) is 18.2 Å². The summed E-state index contributed by atoms with van der Waals surface area (Å²) in [6.45, 7) is 0.288. The van der Waals surface area contributed by atoms with Crippen molar-refractivity contribution in [3.63, 3.8) is 0 Å². The zero-order chi connectivity index (χ0) is 20.6. The maximum absolute atomic E-state index is 13.3. The SMILES string of the molecule is O=C(NCCc1cccc(F)c1)C(=Cc1ccc(I)o1)NC(=O)c1ccccc1. The summed E-state index contributed by atoms with van der Waals surface area (Å²) in [5.41, 5.74) is 1.26. The summed E-state index contributed by atoms with van der Waals surface area (Å²) in [6, 6.07) is 18.3. The van der Waals surface area contributed by atoms with Crippen LogP contribution in [0, 0.1) is 9.58 Å². The minimum absolute atomic E-state index is 0.0591. The van der Waals surface area contributed by atoms with Crippen LogP contribution < -0.4 is 10.6 Å². The van der Waals surface area contributed by atoms with Gasteiger partial charge in [0.2, 0.25) is 0 Å². The number of halogens is 2. The second-order valence-electron chi connectivity index (χ2n) is 6.16. The van der Waals surface area contributed by atoms with Crippen LogP contribution in [-0.2, 0) is 11.2 Å². The lowest BCUT2D eigenvalue weighted by Gasteiger charge is -2.11. The van der Waals surface area contributed by atoms with Gasteiger partial charge in [0.1, 0.15) is 17.3 Å². The number of benzene rings is 2. The Balaban J connectivity index is 1.70. The monoisotopic (exact) mass is 504 g/mol. The molecule has 0 saturated carbocycles. The number of hydrogen-bond acceptors (Lipinski definition) is 3. The third-order valence-electron chi connectivity index (χ3n) is 4.00. The molecule has 0 unspecified atom stereocenters. The minimum atomic E-state index is -0.461. The first-order valence-corrected chi connectivity index (χ1v) is 9.95. The minimum Gasteiger partial charge on any atom is -0.451 e. The average Bonchev–Trinajstić information content (AvgIpc) is 3.13. The quantitative estimate of drug-likeness (QED) is 0.375. The molecule has 1 heterocycles. The van der Waals surface area contributed by atoms with Crippen LogP contribution in [-0.4, -0.2) is 18.4 Å². The Morgan fingerprint density at radius 1 is 1.03 bits per heavy atom. The number of furan rings is 1. The highest BCUT2D eigenvalue weighted by Crippen LogP contribution is 2.13. The highest BCUT2D eigenvalue weighted by Gasteiger charge is 2.15. The van der Waals surface area contributed by atoms with Crippen molar-refractivity contribution in [2.24, 2.45) is 0 Å². The van der Waals surface area contributed by atoms with Crippen LogP contribution in [0.5, 0.6) is 0 Å². The smallest absolute Gasteiger partial charge is 0.267 e. The third kappa shape index (κ3) is 6.28. The van der Waals surface area contributed by atoms with Gasteiger partial charge in [0.25, 0.3) is 11.8 Å². The number of carbonyl (C=O) groups is 2. The molecule has 0 spiro atoms. The maximum Gasteiger partial charge on any atom is 0.267 e. The zero-order valence-corrected chi connectivity index (χ0v) is 17.5. The summed E-state index contributed by atoms with van der Waals surface area (Å²) in [6.07, 6.45) is 1.93. The Labute approximate surface area is 181 Å². The number of hydrogen-bond donors (Lipinski definition) is 2. The van der Waals surface area contributed by atoms with Gasteiger partial charge < -0.3 is 15.1 Å².